The summed E-state index contributed by atoms with van der Waals surface area (Å²) in [4.78, 5) is 23.9. The van der Waals surface area contributed by atoms with E-state index in [2.05, 4.69) is 0 Å². The van der Waals surface area contributed by atoms with Crippen molar-refractivity contribution >= 4 is 22.2 Å². The van der Waals surface area contributed by atoms with Gasteiger partial charge in [0.05, 0.1) is 4.90 Å². The van der Waals surface area contributed by atoms with Gasteiger partial charge in [-0.1, -0.05) is 19.1 Å². The fourth-order valence-electron chi connectivity index (χ4n) is 2.22. The van der Waals surface area contributed by atoms with E-state index in [-0.39, 0.29) is 23.8 Å². The summed E-state index contributed by atoms with van der Waals surface area (Å²) in [5.74, 6) is -0.0152. The molecule has 1 aliphatic heterocycles. The van der Waals surface area contributed by atoms with E-state index < -0.39 is 10.0 Å². The number of sulfonamides is 1. The van der Waals surface area contributed by atoms with Gasteiger partial charge in [0.1, 0.15) is 0 Å². The molecule has 0 radical (unpaired) electrons. The van der Waals surface area contributed by atoms with Crippen molar-refractivity contribution in [2.75, 3.05) is 26.2 Å². The minimum atomic E-state index is -3.56. The number of amides is 1. The SMILES string of the molecule is CCC(=O)c1ccc(S(=O)(=O)N2CCN(C=O)CC2)cc1. The Hall–Kier alpha value is -1.73. The number of carbonyl (C=O) groups is 2. The molecule has 2 rings (SSSR count). The molecule has 114 valence electrons. The van der Waals surface area contributed by atoms with E-state index in [0.717, 1.165) is 6.41 Å². The lowest BCUT2D eigenvalue weighted by Crippen LogP contribution is -2.47. The van der Waals surface area contributed by atoms with Crippen LogP contribution in [0.2, 0.25) is 0 Å². The second-order valence-electron chi connectivity index (χ2n) is 4.85. The number of ketones is 1. The topological polar surface area (TPSA) is 74.8 Å². The molecular weight excluding hydrogens is 292 g/mol. The number of nitrogens with zero attached hydrogens (tertiary/aromatic N) is 2. The van der Waals surface area contributed by atoms with Crippen LogP contribution in [0.1, 0.15) is 23.7 Å². The summed E-state index contributed by atoms with van der Waals surface area (Å²) in [6.07, 6.45) is 1.12. The van der Waals surface area contributed by atoms with Crippen LogP contribution in [-0.4, -0.2) is 56.0 Å². The smallest absolute Gasteiger partial charge is 0.243 e. The summed E-state index contributed by atoms with van der Waals surface area (Å²) in [6, 6.07) is 6.01. The molecule has 0 atom stereocenters. The monoisotopic (exact) mass is 310 g/mol. The molecule has 0 bridgehead atoms. The van der Waals surface area contributed by atoms with E-state index in [1.54, 1.807) is 24.0 Å². The van der Waals surface area contributed by atoms with Gasteiger partial charge >= 0.3 is 0 Å². The lowest BCUT2D eigenvalue weighted by atomic mass is 10.1. The van der Waals surface area contributed by atoms with Crippen molar-refractivity contribution in [2.24, 2.45) is 0 Å². The summed E-state index contributed by atoms with van der Waals surface area (Å²) in [6.45, 7) is 3.14. The molecule has 0 unspecified atom stereocenters. The molecule has 0 saturated carbocycles. The molecule has 6 nitrogen and oxygen atoms in total. The van der Waals surface area contributed by atoms with E-state index in [1.165, 1.54) is 16.4 Å². The summed E-state index contributed by atoms with van der Waals surface area (Å²) in [5, 5.41) is 0. The van der Waals surface area contributed by atoms with Crippen LogP contribution in [0.4, 0.5) is 0 Å². The predicted molar refractivity (Wildman–Crippen MR) is 77.5 cm³/mol. The third-order valence-corrected chi connectivity index (χ3v) is 5.47. The van der Waals surface area contributed by atoms with Gasteiger partial charge in [0.25, 0.3) is 0 Å². The van der Waals surface area contributed by atoms with E-state index >= 15 is 0 Å². The largest absolute Gasteiger partial charge is 0.343 e. The van der Waals surface area contributed by atoms with E-state index in [0.29, 0.717) is 25.1 Å². The maximum Gasteiger partial charge on any atom is 0.243 e. The van der Waals surface area contributed by atoms with Crippen LogP contribution in [0.5, 0.6) is 0 Å². The molecule has 1 aromatic rings. The van der Waals surface area contributed by atoms with Gasteiger partial charge in [-0.25, -0.2) is 8.42 Å². The van der Waals surface area contributed by atoms with Crippen molar-refractivity contribution in [2.45, 2.75) is 18.2 Å². The maximum atomic E-state index is 12.5. The van der Waals surface area contributed by atoms with Crippen molar-refractivity contribution in [3.05, 3.63) is 29.8 Å². The number of piperazine rings is 1. The van der Waals surface area contributed by atoms with E-state index in [9.17, 15) is 18.0 Å². The molecule has 0 N–H and O–H groups in total. The molecule has 1 saturated heterocycles. The second-order valence-corrected chi connectivity index (χ2v) is 6.78. The fourth-order valence-corrected chi connectivity index (χ4v) is 3.64. The number of carbonyl (C=O) groups excluding carboxylic acids is 2. The van der Waals surface area contributed by atoms with Crippen LogP contribution >= 0.6 is 0 Å². The van der Waals surface area contributed by atoms with E-state index in [1.807, 2.05) is 0 Å². The van der Waals surface area contributed by atoms with Crippen LogP contribution < -0.4 is 0 Å². The molecule has 21 heavy (non-hydrogen) atoms. The zero-order valence-electron chi connectivity index (χ0n) is 11.9. The van der Waals surface area contributed by atoms with Gasteiger partial charge in [0.15, 0.2) is 5.78 Å². The summed E-state index contributed by atoms with van der Waals surface area (Å²) >= 11 is 0. The first-order chi connectivity index (χ1) is 9.98. The predicted octanol–water partition coefficient (Wildman–Crippen LogP) is 0.742. The zero-order valence-corrected chi connectivity index (χ0v) is 12.7. The Labute approximate surface area is 124 Å². The van der Waals surface area contributed by atoms with Gasteiger partial charge in [0.2, 0.25) is 16.4 Å². The van der Waals surface area contributed by atoms with Crippen molar-refractivity contribution < 1.29 is 18.0 Å². The molecule has 0 aromatic heterocycles. The van der Waals surface area contributed by atoms with Gasteiger partial charge in [-0.3, -0.25) is 9.59 Å². The number of benzene rings is 1. The average Bonchev–Trinajstić information content (AvgIpc) is 2.54. The minimum Gasteiger partial charge on any atom is -0.343 e. The highest BCUT2D eigenvalue weighted by atomic mass is 32.2. The first-order valence-electron chi connectivity index (χ1n) is 6.81. The van der Waals surface area contributed by atoms with Crippen LogP contribution in [0.3, 0.4) is 0 Å². The number of Topliss-reactive ketones (excluding diaryl/α,β-unsaturated/α-hetero) is 1. The van der Waals surface area contributed by atoms with Crippen molar-refractivity contribution in [1.82, 2.24) is 9.21 Å². The van der Waals surface area contributed by atoms with Crippen LogP contribution in [-0.2, 0) is 14.8 Å². The Morgan fingerprint density at radius 2 is 1.71 bits per heavy atom. The fraction of sp³-hybridized carbons (Fsp3) is 0.429. The van der Waals surface area contributed by atoms with Crippen LogP contribution in [0.15, 0.2) is 29.2 Å². The number of hydrogen-bond donors (Lipinski definition) is 0. The Balaban J connectivity index is 2.16. The molecule has 1 aliphatic rings. The summed E-state index contributed by atoms with van der Waals surface area (Å²) in [7, 11) is -3.56. The Kier molecular flexibility index (Phi) is 4.74. The molecule has 0 aliphatic carbocycles. The third-order valence-electron chi connectivity index (χ3n) is 3.56. The lowest BCUT2D eigenvalue weighted by Gasteiger charge is -2.31. The molecule has 0 spiro atoms. The maximum absolute atomic E-state index is 12.5. The second kappa shape index (κ2) is 6.36. The standard InChI is InChI=1S/C14H18N2O4S/c1-2-14(18)12-3-5-13(6-4-12)21(19,20)16-9-7-15(11-17)8-10-16/h3-6,11H,2,7-10H2,1H3. The molecule has 7 heteroatoms. The van der Waals surface area contributed by atoms with Gasteiger partial charge in [0, 0.05) is 38.2 Å². The van der Waals surface area contributed by atoms with Gasteiger partial charge in [-0.2, -0.15) is 4.31 Å². The highest BCUT2D eigenvalue weighted by molar-refractivity contribution is 7.89. The first kappa shape index (κ1) is 15.7. The van der Waals surface area contributed by atoms with E-state index in [4.69, 9.17) is 0 Å². The van der Waals surface area contributed by atoms with Crippen molar-refractivity contribution in [1.29, 1.82) is 0 Å². The van der Waals surface area contributed by atoms with Crippen LogP contribution in [0.25, 0.3) is 0 Å². The Bertz CT molecular complexity index is 617. The molecule has 1 aromatic carbocycles. The molecule has 1 fully saturated rings. The normalized spacial score (nSPS) is 16.7. The summed E-state index contributed by atoms with van der Waals surface area (Å²) < 4.78 is 26.3. The quantitative estimate of drug-likeness (QED) is 0.594. The zero-order chi connectivity index (χ0) is 15.5. The third kappa shape index (κ3) is 3.30. The number of rotatable bonds is 5. The van der Waals surface area contributed by atoms with Gasteiger partial charge in [-0.15, -0.1) is 0 Å². The highest BCUT2D eigenvalue weighted by Gasteiger charge is 2.28. The minimum absolute atomic E-state index is 0.0152. The first-order valence-corrected chi connectivity index (χ1v) is 8.26. The Morgan fingerprint density at radius 1 is 1.14 bits per heavy atom. The van der Waals surface area contributed by atoms with Crippen molar-refractivity contribution in [3.8, 4) is 0 Å². The van der Waals surface area contributed by atoms with Crippen molar-refractivity contribution in [3.63, 3.8) is 0 Å². The average molecular weight is 310 g/mol. The lowest BCUT2D eigenvalue weighted by molar-refractivity contribution is -0.119. The molecule has 1 amide bonds. The van der Waals surface area contributed by atoms with Gasteiger partial charge in [-0.05, 0) is 12.1 Å². The molecular formula is C14H18N2O4S. The van der Waals surface area contributed by atoms with Crippen LogP contribution in [0, 0.1) is 0 Å². The summed E-state index contributed by atoms with van der Waals surface area (Å²) in [5.41, 5.74) is 0.516. The Morgan fingerprint density at radius 3 is 2.19 bits per heavy atom. The highest BCUT2D eigenvalue weighted by Crippen LogP contribution is 2.18. The molecule has 1 heterocycles. The van der Waals surface area contributed by atoms with Gasteiger partial charge < -0.3 is 4.90 Å². The number of hydrogen-bond acceptors (Lipinski definition) is 4.